The van der Waals surface area contributed by atoms with E-state index in [1.165, 1.54) is 6.33 Å². The summed E-state index contributed by atoms with van der Waals surface area (Å²) >= 11 is 1.54. The molecule has 1 aliphatic heterocycles. The van der Waals surface area contributed by atoms with Crippen LogP contribution in [0.2, 0.25) is 0 Å². The molecule has 1 fully saturated rings. The van der Waals surface area contributed by atoms with Crippen LogP contribution in [0.25, 0.3) is 27.3 Å². The maximum Gasteiger partial charge on any atom is 0.420 e. The molecule has 4 aromatic heterocycles. The Kier molecular flexibility index (Phi) is 7.82. The number of rotatable bonds is 6. The molecule has 0 unspecified atom stereocenters. The average Bonchev–Trinajstić information content (AvgIpc) is 3.60. The summed E-state index contributed by atoms with van der Waals surface area (Å²) in [5.41, 5.74) is 3.16. The summed E-state index contributed by atoms with van der Waals surface area (Å²) in [6.07, 6.45) is 4.56. The number of likely N-dealkylation sites (tertiary alicyclic amines) is 1. The summed E-state index contributed by atoms with van der Waals surface area (Å²) in [5, 5.41) is 5.32. The Morgan fingerprint density at radius 1 is 1.20 bits per heavy atom. The van der Waals surface area contributed by atoms with Gasteiger partial charge in [0.1, 0.15) is 22.3 Å². The summed E-state index contributed by atoms with van der Waals surface area (Å²) in [4.78, 5) is 40.5. The van der Waals surface area contributed by atoms with Crippen LogP contribution in [0.5, 0.6) is 5.75 Å². The van der Waals surface area contributed by atoms with Crippen molar-refractivity contribution in [1.29, 1.82) is 0 Å². The van der Waals surface area contributed by atoms with Gasteiger partial charge in [-0.3, -0.25) is 4.79 Å². The second kappa shape index (κ2) is 11.1. The summed E-state index contributed by atoms with van der Waals surface area (Å²) in [5.74, 6) is 0.992. The van der Waals surface area contributed by atoms with Crippen LogP contribution in [-0.4, -0.2) is 92.4 Å². The second-order valence-corrected chi connectivity index (χ2v) is 13.2. The van der Waals surface area contributed by atoms with Gasteiger partial charge < -0.3 is 19.3 Å². The number of amides is 1. The molecule has 0 saturated carbocycles. The van der Waals surface area contributed by atoms with Crippen LogP contribution >= 0.6 is 11.3 Å². The van der Waals surface area contributed by atoms with Crippen molar-refractivity contribution in [2.45, 2.75) is 64.9 Å². The number of piperidine rings is 1. The van der Waals surface area contributed by atoms with Crippen LogP contribution in [0.3, 0.4) is 0 Å². The van der Waals surface area contributed by atoms with Gasteiger partial charge in [-0.05, 0) is 59.7 Å². The average molecular weight is 582 g/mol. The van der Waals surface area contributed by atoms with Crippen LogP contribution in [0.1, 0.15) is 69.9 Å². The Balaban J connectivity index is 1.62. The topological polar surface area (TPSA) is 107 Å². The molecule has 12 heteroatoms. The van der Waals surface area contributed by atoms with Gasteiger partial charge in [0.05, 0.1) is 24.4 Å². The van der Waals surface area contributed by atoms with Gasteiger partial charge in [-0.25, -0.2) is 23.8 Å². The van der Waals surface area contributed by atoms with Crippen molar-refractivity contribution in [2.75, 3.05) is 40.8 Å². The minimum Gasteiger partial charge on any atom is -0.493 e. The number of pyridine rings is 1. The van der Waals surface area contributed by atoms with Crippen molar-refractivity contribution in [3.05, 3.63) is 29.2 Å². The van der Waals surface area contributed by atoms with Crippen molar-refractivity contribution in [3.63, 3.8) is 0 Å². The minimum absolute atomic E-state index is 0.0640. The van der Waals surface area contributed by atoms with Gasteiger partial charge in [0.2, 0.25) is 5.91 Å². The van der Waals surface area contributed by atoms with Crippen molar-refractivity contribution >= 4 is 39.3 Å². The highest BCUT2D eigenvalue weighted by atomic mass is 32.1. The first-order valence-corrected chi connectivity index (χ1v) is 14.8. The lowest BCUT2D eigenvalue weighted by molar-refractivity contribution is -0.132. The fraction of sp³-hybridized carbons (Fsp3) is 0.552. The minimum atomic E-state index is -0.685. The lowest BCUT2D eigenvalue weighted by atomic mass is 9.97. The normalized spacial score (nSPS) is 15.0. The lowest BCUT2D eigenvalue weighted by Gasteiger charge is -2.31. The molecule has 0 atom stereocenters. The zero-order valence-corrected chi connectivity index (χ0v) is 25.9. The number of hydrogen-bond acceptors (Lipinski definition) is 9. The molecule has 41 heavy (non-hydrogen) atoms. The van der Waals surface area contributed by atoms with Gasteiger partial charge >= 0.3 is 6.09 Å². The molecule has 11 nitrogen and oxygen atoms in total. The van der Waals surface area contributed by atoms with Gasteiger partial charge in [-0.15, -0.1) is 0 Å². The third-order valence-corrected chi connectivity index (χ3v) is 8.40. The highest BCUT2D eigenvalue weighted by Gasteiger charge is 2.33. The molecular weight excluding hydrogens is 542 g/mol. The lowest BCUT2D eigenvalue weighted by Crippen LogP contribution is -2.42. The summed E-state index contributed by atoms with van der Waals surface area (Å²) < 4.78 is 14.9. The molecule has 0 radical (unpaired) electrons. The van der Waals surface area contributed by atoms with E-state index in [0.717, 1.165) is 39.3 Å². The largest absolute Gasteiger partial charge is 0.493 e. The van der Waals surface area contributed by atoms with Crippen molar-refractivity contribution in [2.24, 2.45) is 0 Å². The number of nitrogens with zero attached hydrogens (tertiary/aromatic N) is 7. The molecule has 0 aromatic carbocycles. The van der Waals surface area contributed by atoms with Gasteiger partial charge in [-0.1, -0.05) is 25.2 Å². The molecule has 0 N–H and O–H groups in total. The number of carbonyl (C=O) groups is 2. The van der Waals surface area contributed by atoms with Crippen LogP contribution < -0.4 is 4.74 Å². The number of methoxy groups -OCH3 is 1. The third kappa shape index (κ3) is 5.67. The summed E-state index contributed by atoms with van der Waals surface area (Å²) in [7, 11) is 5.41. The number of likely N-dealkylation sites (N-methyl/N-ethyl adjacent to an activating group) is 1. The van der Waals surface area contributed by atoms with E-state index < -0.39 is 11.7 Å². The van der Waals surface area contributed by atoms with E-state index >= 15 is 0 Å². The molecule has 5 heterocycles. The van der Waals surface area contributed by atoms with E-state index in [4.69, 9.17) is 14.5 Å². The van der Waals surface area contributed by atoms with Crippen molar-refractivity contribution < 1.29 is 19.1 Å². The van der Waals surface area contributed by atoms with Crippen molar-refractivity contribution in [1.82, 2.24) is 33.9 Å². The Hall–Kier alpha value is -3.51. The highest BCUT2D eigenvalue weighted by Crippen LogP contribution is 2.44. The van der Waals surface area contributed by atoms with E-state index in [9.17, 15) is 9.59 Å². The zero-order chi connectivity index (χ0) is 29.6. The first-order chi connectivity index (χ1) is 19.4. The van der Waals surface area contributed by atoms with Gasteiger partial charge in [0.15, 0.2) is 11.4 Å². The monoisotopic (exact) mass is 581 g/mol. The predicted octanol–water partition coefficient (Wildman–Crippen LogP) is 4.99. The molecule has 0 spiro atoms. The third-order valence-electron chi connectivity index (χ3n) is 7.20. The molecular formula is C29H39N7O4S. The first kappa shape index (κ1) is 29.0. The maximum atomic E-state index is 13.9. The molecule has 4 aromatic rings. The predicted molar refractivity (Wildman–Crippen MR) is 159 cm³/mol. The first-order valence-electron chi connectivity index (χ1n) is 14.0. The molecule has 5 rings (SSSR count). The SMILES string of the molecule is COc1cc(-c2c(C(C)C)c3nc(C4CCN(C(=O)CN(C)C)CC4)sc3n2C(=O)OC(C)(C)C)cn2ncnc12. The number of hydrogen-bond donors (Lipinski definition) is 0. The van der Waals surface area contributed by atoms with E-state index in [1.807, 2.05) is 56.9 Å². The Morgan fingerprint density at radius 3 is 2.51 bits per heavy atom. The van der Waals surface area contributed by atoms with E-state index in [0.29, 0.717) is 36.7 Å². The molecule has 1 saturated heterocycles. The second-order valence-electron chi connectivity index (χ2n) is 12.2. The van der Waals surface area contributed by atoms with E-state index in [1.54, 1.807) is 27.5 Å². The van der Waals surface area contributed by atoms with Crippen LogP contribution in [0.4, 0.5) is 4.79 Å². The Morgan fingerprint density at radius 2 is 1.90 bits per heavy atom. The van der Waals surface area contributed by atoms with Gasteiger partial charge in [0, 0.05) is 36.3 Å². The smallest absolute Gasteiger partial charge is 0.420 e. The van der Waals surface area contributed by atoms with Crippen LogP contribution in [0.15, 0.2) is 18.6 Å². The summed E-state index contributed by atoms with van der Waals surface area (Å²) in [6.45, 7) is 11.6. The number of thiazole rings is 1. The molecule has 0 bridgehead atoms. The number of ether oxygens (including phenoxy) is 2. The standard InChI is InChI=1S/C29H39N7O4S/c1-17(2)22-23-27(41-26(32-23)18-9-11-34(12-10-18)21(37)15-33(6)7)36(28(38)40-29(3,4)5)24(22)19-13-20(39-8)25-30-16-31-35(25)14-19/h13-14,16-18H,9-12,15H2,1-8H3. The molecule has 1 amide bonds. The fourth-order valence-electron chi connectivity index (χ4n) is 5.40. The number of carbonyl (C=O) groups excluding carboxylic acids is 2. The van der Waals surface area contributed by atoms with Crippen LogP contribution in [-0.2, 0) is 9.53 Å². The maximum absolute atomic E-state index is 13.9. The van der Waals surface area contributed by atoms with Gasteiger partial charge in [0.25, 0.3) is 0 Å². The molecule has 1 aliphatic rings. The summed E-state index contributed by atoms with van der Waals surface area (Å²) in [6, 6.07) is 1.89. The number of fused-ring (bicyclic) bond motifs is 2. The van der Waals surface area contributed by atoms with Crippen molar-refractivity contribution in [3.8, 4) is 17.0 Å². The van der Waals surface area contributed by atoms with Gasteiger partial charge in [-0.2, -0.15) is 5.10 Å². The molecule has 0 aliphatic carbocycles. The number of aromatic nitrogens is 5. The van der Waals surface area contributed by atoms with E-state index in [2.05, 4.69) is 23.9 Å². The highest BCUT2D eigenvalue weighted by molar-refractivity contribution is 7.18. The fourth-order valence-corrected chi connectivity index (χ4v) is 6.65. The Labute approximate surface area is 244 Å². The van der Waals surface area contributed by atoms with Crippen LogP contribution in [0, 0.1) is 0 Å². The molecule has 220 valence electrons. The zero-order valence-electron chi connectivity index (χ0n) is 25.1. The quantitative estimate of drug-likeness (QED) is 0.314. The Bertz CT molecular complexity index is 1590. The van der Waals surface area contributed by atoms with E-state index in [-0.39, 0.29) is 17.7 Å².